The number of carbonyl (C=O) groups excluding carboxylic acids is 1. The van der Waals surface area contributed by atoms with E-state index in [9.17, 15) is 9.59 Å². The first-order chi connectivity index (χ1) is 14.2. The number of benzene rings is 2. The monoisotopic (exact) mass is 393 g/mol. The molecule has 6 nitrogen and oxygen atoms in total. The van der Waals surface area contributed by atoms with E-state index < -0.39 is 5.76 Å². The molecule has 0 atom stereocenters. The van der Waals surface area contributed by atoms with Crippen LogP contribution in [0.15, 0.2) is 57.7 Å². The van der Waals surface area contributed by atoms with Gasteiger partial charge in [0.25, 0.3) is 5.91 Å². The number of nitrogens with zero attached hydrogens (tertiary/aromatic N) is 2. The van der Waals surface area contributed by atoms with E-state index >= 15 is 0 Å². The third kappa shape index (κ3) is 4.77. The molecule has 1 amide bonds. The number of likely N-dealkylation sites (tertiary alicyclic amines) is 1. The highest BCUT2D eigenvalue weighted by Gasteiger charge is 2.14. The predicted molar refractivity (Wildman–Crippen MR) is 113 cm³/mol. The predicted octanol–water partition coefficient (Wildman–Crippen LogP) is 3.25. The van der Waals surface area contributed by atoms with Gasteiger partial charge in [0.1, 0.15) is 0 Å². The topological polar surface area (TPSA) is 67.5 Å². The molecule has 2 aromatic carbocycles. The second-order valence-electron chi connectivity index (χ2n) is 7.63. The summed E-state index contributed by atoms with van der Waals surface area (Å²) >= 11 is 0. The number of carbonyl (C=O) groups is 1. The van der Waals surface area contributed by atoms with Crippen LogP contribution in [-0.4, -0.2) is 41.6 Å². The van der Waals surface area contributed by atoms with Gasteiger partial charge in [0.2, 0.25) is 0 Å². The minimum absolute atomic E-state index is 0.120. The van der Waals surface area contributed by atoms with Crippen molar-refractivity contribution in [3.63, 3.8) is 0 Å². The van der Waals surface area contributed by atoms with Gasteiger partial charge in [-0.05, 0) is 62.7 Å². The van der Waals surface area contributed by atoms with Gasteiger partial charge in [-0.1, -0.05) is 36.8 Å². The molecule has 1 aromatic heterocycles. The van der Waals surface area contributed by atoms with Gasteiger partial charge in [-0.3, -0.25) is 9.36 Å². The van der Waals surface area contributed by atoms with Crippen LogP contribution in [0, 0.1) is 0 Å². The molecule has 152 valence electrons. The number of rotatable bonds is 7. The number of nitrogens with one attached hydrogen (secondary N) is 1. The summed E-state index contributed by atoms with van der Waals surface area (Å²) in [4.78, 5) is 27.3. The Kier molecular flexibility index (Phi) is 6.10. The van der Waals surface area contributed by atoms with Gasteiger partial charge >= 0.3 is 5.76 Å². The summed E-state index contributed by atoms with van der Waals surface area (Å²) in [7, 11) is 0. The highest BCUT2D eigenvalue weighted by Crippen LogP contribution is 2.17. The Morgan fingerprint density at radius 1 is 1.03 bits per heavy atom. The number of piperidine rings is 1. The fraction of sp³-hybridized carbons (Fsp3) is 0.391. The molecule has 1 fully saturated rings. The number of fused-ring (bicyclic) bond motifs is 1. The van der Waals surface area contributed by atoms with Crippen molar-refractivity contribution in [2.75, 3.05) is 26.2 Å². The zero-order chi connectivity index (χ0) is 20.1. The summed E-state index contributed by atoms with van der Waals surface area (Å²) in [6.07, 6.45) is 4.83. The lowest BCUT2D eigenvalue weighted by molar-refractivity contribution is 0.0951. The summed E-state index contributed by atoms with van der Waals surface area (Å²) < 4.78 is 6.91. The molecule has 0 unspecified atom stereocenters. The second-order valence-corrected chi connectivity index (χ2v) is 7.63. The molecular weight excluding hydrogens is 366 g/mol. The standard InChI is InChI=1S/C23H27N3O3/c27-22(24-12-7-15-25-13-5-2-6-14-25)19-10-11-21-20(16-19)26(23(28)29-21)17-18-8-3-1-4-9-18/h1,3-4,8-11,16H,2,5-7,12-15,17H2,(H,24,27). The Labute approximate surface area is 170 Å². The number of hydrogen-bond acceptors (Lipinski definition) is 4. The molecule has 1 N–H and O–H groups in total. The Morgan fingerprint density at radius 3 is 2.62 bits per heavy atom. The van der Waals surface area contributed by atoms with Crippen molar-refractivity contribution in [3.8, 4) is 0 Å². The Balaban J connectivity index is 1.41. The number of amides is 1. The maximum Gasteiger partial charge on any atom is 0.420 e. The van der Waals surface area contributed by atoms with Crippen molar-refractivity contribution in [3.05, 3.63) is 70.2 Å². The maximum absolute atomic E-state index is 12.6. The molecule has 29 heavy (non-hydrogen) atoms. The molecule has 0 spiro atoms. The fourth-order valence-corrected chi connectivity index (χ4v) is 3.91. The van der Waals surface area contributed by atoms with Gasteiger partial charge < -0.3 is 14.6 Å². The first kappa shape index (κ1) is 19.5. The SMILES string of the molecule is O=C(NCCCN1CCCCC1)c1ccc2oc(=O)n(Cc3ccccc3)c2c1. The van der Waals surface area contributed by atoms with Crippen molar-refractivity contribution < 1.29 is 9.21 Å². The van der Waals surface area contributed by atoms with Gasteiger partial charge in [0.05, 0.1) is 12.1 Å². The summed E-state index contributed by atoms with van der Waals surface area (Å²) in [6.45, 7) is 4.43. The fourth-order valence-electron chi connectivity index (χ4n) is 3.91. The average molecular weight is 393 g/mol. The number of hydrogen-bond donors (Lipinski definition) is 1. The smallest absolute Gasteiger partial charge is 0.408 e. The molecule has 0 bridgehead atoms. The first-order valence-electron chi connectivity index (χ1n) is 10.4. The van der Waals surface area contributed by atoms with Crippen LogP contribution in [0.25, 0.3) is 11.1 Å². The third-order valence-electron chi connectivity index (χ3n) is 5.50. The molecule has 2 heterocycles. The van der Waals surface area contributed by atoms with Crippen molar-refractivity contribution in [2.45, 2.75) is 32.2 Å². The van der Waals surface area contributed by atoms with Crippen LogP contribution < -0.4 is 11.1 Å². The van der Waals surface area contributed by atoms with Crippen LogP contribution in [0.4, 0.5) is 0 Å². The van der Waals surface area contributed by atoms with Gasteiger partial charge in [0.15, 0.2) is 5.58 Å². The summed E-state index contributed by atoms with van der Waals surface area (Å²) in [5.41, 5.74) is 2.68. The average Bonchev–Trinajstić information content (AvgIpc) is 3.07. The molecule has 0 aliphatic carbocycles. The van der Waals surface area contributed by atoms with Crippen molar-refractivity contribution in [1.82, 2.24) is 14.8 Å². The van der Waals surface area contributed by atoms with Crippen LogP contribution in [-0.2, 0) is 6.54 Å². The van der Waals surface area contributed by atoms with Crippen LogP contribution in [0.1, 0.15) is 41.6 Å². The molecular formula is C23H27N3O3. The van der Waals surface area contributed by atoms with Crippen LogP contribution in [0.5, 0.6) is 0 Å². The molecule has 0 radical (unpaired) electrons. The van der Waals surface area contributed by atoms with E-state index in [0.717, 1.165) is 18.5 Å². The number of oxazole rings is 1. The summed E-state index contributed by atoms with van der Waals surface area (Å²) in [5.74, 6) is -0.534. The van der Waals surface area contributed by atoms with Crippen LogP contribution in [0.2, 0.25) is 0 Å². The molecule has 3 aromatic rings. The Bertz CT molecular complexity index is 1020. The second kappa shape index (κ2) is 9.09. The van der Waals surface area contributed by atoms with E-state index in [4.69, 9.17) is 4.42 Å². The summed E-state index contributed by atoms with van der Waals surface area (Å²) in [6, 6.07) is 14.9. The van der Waals surface area contributed by atoms with E-state index in [1.165, 1.54) is 32.4 Å². The molecule has 0 saturated carbocycles. The van der Waals surface area contributed by atoms with Crippen LogP contribution >= 0.6 is 0 Å². The molecule has 1 aliphatic rings. The first-order valence-corrected chi connectivity index (χ1v) is 10.4. The van der Waals surface area contributed by atoms with Gasteiger partial charge in [-0.15, -0.1) is 0 Å². The minimum Gasteiger partial charge on any atom is -0.408 e. The van der Waals surface area contributed by atoms with E-state index in [1.54, 1.807) is 22.8 Å². The highest BCUT2D eigenvalue weighted by molar-refractivity contribution is 5.97. The van der Waals surface area contributed by atoms with E-state index in [0.29, 0.717) is 29.8 Å². The van der Waals surface area contributed by atoms with Gasteiger partial charge in [-0.25, -0.2) is 4.79 Å². The third-order valence-corrected chi connectivity index (χ3v) is 5.50. The van der Waals surface area contributed by atoms with Crippen LogP contribution in [0.3, 0.4) is 0 Å². The summed E-state index contributed by atoms with van der Waals surface area (Å²) in [5, 5.41) is 3.00. The normalized spacial score (nSPS) is 14.9. The lowest BCUT2D eigenvalue weighted by atomic mass is 10.1. The zero-order valence-corrected chi connectivity index (χ0v) is 16.6. The minimum atomic E-state index is -0.414. The molecule has 1 saturated heterocycles. The highest BCUT2D eigenvalue weighted by atomic mass is 16.4. The van der Waals surface area contributed by atoms with Gasteiger partial charge in [-0.2, -0.15) is 0 Å². The lowest BCUT2D eigenvalue weighted by Crippen LogP contribution is -2.33. The van der Waals surface area contributed by atoms with E-state index in [2.05, 4.69) is 10.2 Å². The molecule has 6 heteroatoms. The molecule has 1 aliphatic heterocycles. The quantitative estimate of drug-likeness (QED) is 0.626. The maximum atomic E-state index is 12.6. The zero-order valence-electron chi connectivity index (χ0n) is 16.6. The van der Waals surface area contributed by atoms with Crippen molar-refractivity contribution >= 4 is 17.0 Å². The van der Waals surface area contributed by atoms with E-state index in [-0.39, 0.29) is 5.91 Å². The largest absolute Gasteiger partial charge is 0.420 e. The molecule has 4 rings (SSSR count). The Morgan fingerprint density at radius 2 is 1.83 bits per heavy atom. The van der Waals surface area contributed by atoms with Crippen molar-refractivity contribution in [1.29, 1.82) is 0 Å². The van der Waals surface area contributed by atoms with Gasteiger partial charge in [0, 0.05) is 12.1 Å². The Hall–Kier alpha value is -2.86. The lowest BCUT2D eigenvalue weighted by Gasteiger charge is -2.26. The van der Waals surface area contributed by atoms with Crippen molar-refractivity contribution in [2.24, 2.45) is 0 Å². The van der Waals surface area contributed by atoms with E-state index in [1.807, 2.05) is 30.3 Å². The number of aromatic nitrogens is 1.